The zero-order chi connectivity index (χ0) is 15.8. The molecule has 124 valence electrons. The summed E-state index contributed by atoms with van der Waals surface area (Å²) in [6.07, 6.45) is 6.13. The van der Waals surface area contributed by atoms with Crippen molar-refractivity contribution in [1.29, 1.82) is 0 Å². The van der Waals surface area contributed by atoms with Crippen molar-refractivity contribution in [1.82, 2.24) is 4.90 Å². The van der Waals surface area contributed by atoms with Crippen LogP contribution in [-0.2, 0) is 9.53 Å². The minimum atomic E-state index is -0.0444. The van der Waals surface area contributed by atoms with Gasteiger partial charge in [0.05, 0.1) is 5.92 Å². The summed E-state index contributed by atoms with van der Waals surface area (Å²) in [6, 6.07) is 4.13. The van der Waals surface area contributed by atoms with E-state index in [4.69, 9.17) is 4.74 Å². The molecule has 1 heterocycles. The maximum absolute atomic E-state index is 12.7. The number of likely N-dealkylation sites (N-methyl/N-ethyl adjacent to an activating group) is 1. The van der Waals surface area contributed by atoms with Crippen molar-refractivity contribution in [3.8, 4) is 0 Å². The Morgan fingerprint density at radius 1 is 1.32 bits per heavy atom. The molecule has 1 aromatic heterocycles. The lowest BCUT2D eigenvalue weighted by atomic mass is 9.79. The van der Waals surface area contributed by atoms with Crippen LogP contribution in [0.1, 0.15) is 56.7 Å². The van der Waals surface area contributed by atoms with Crippen molar-refractivity contribution in [3.63, 3.8) is 0 Å². The number of nitrogens with zero attached hydrogens (tertiary/aromatic N) is 1. The smallest absolute Gasteiger partial charge is 0.314 e. The fourth-order valence-electron chi connectivity index (χ4n) is 3.38. The van der Waals surface area contributed by atoms with E-state index in [0.29, 0.717) is 12.5 Å². The molecule has 2 rings (SSSR count). The zero-order valence-electron chi connectivity index (χ0n) is 13.9. The minimum absolute atomic E-state index is 0.0125. The van der Waals surface area contributed by atoms with Crippen molar-refractivity contribution < 1.29 is 9.53 Å². The largest absolute Gasteiger partial charge is 0.464 e. The van der Waals surface area contributed by atoms with Crippen molar-refractivity contribution in [3.05, 3.63) is 22.4 Å². The molecule has 1 aliphatic rings. The average Bonchev–Trinajstić information content (AvgIpc) is 3.07. The second kappa shape index (κ2) is 9.31. The molecule has 1 saturated carbocycles. The highest BCUT2D eigenvalue weighted by Crippen LogP contribution is 2.38. The molecule has 0 aromatic carbocycles. The fourth-order valence-corrected chi connectivity index (χ4v) is 4.29. The Morgan fingerprint density at radius 2 is 2.05 bits per heavy atom. The Bertz CT molecular complexity index is 422. The molecular formula is C18H29NO2S. The lowest BCUT2D eigenvalue weighted by Gasteiger charge is -2.28. The number of carbonyl (C=O) groups excluding carboxylic acids is 1. The maximum atomic E-state index is 12.7. The number of carbonyl (C=O) groups is 1. The van der Waals surface area contributed by atoms with Crippen LogP contribution in [-0.4, -0.2) is 37.1 Å². The third-order valence-electron chi connectivity index (χ3n) is 4.77. The lowest BCUT2D eigenvalue weighted by molar-refractivity contribution is -0.147. The highest BCUT2D eigenvalue weighted by molar-refractivity contribution is 7.10. The van der Waals surface area contributed by atoms with Crippen LogP contribution in [0, 0.1) is 5.92 Å². The van der Waals surface area contributed by atoms with Gasteiger partial charge in [0.1, 0.15) is 6.61 Å². The van der Waals surface area contributed by atoms with Crippen LogP contribution in [0.4, 0.5) is 0 Å². The fraction of sp³-hybridized carbons (Fsp3) is 0.722. The molecular weight excluding hydrogens is 294 g/mol. The van der Waals surface area contributed by atoms with E-state index in [1.807, 2.05) is 6.07 Å². The second-order valence-corrected chi connectivity index (χ2v) is 7.06. The molecule has 4 heteroatoms. The summed E-state index contributed by atoms with van der Waals surface area (Å²) in [6.45, 7) is 7.63. The summed E-state index contributed by atoms with van der Waals surface area (Å²) in [5.74, 6) is 0.409. The van der Waals surface area contributed by atoms with Crippen LogP contribution in [0.25, 0.3) is 0 Å². The van der Waals surface area contributed by atoms with E-state index in [-0.39, 0.29) is 11.9 Å². The van der Waals surface area contributed by atoms with Gasteiger partial charge < -0.3 is 9.64 Å². The maximum Gasteiger partial charge on any atom is 0.314 e. The summed E-state index contributed by atoms with van der Waals surface area (Å²) >= 11 is 1.69. The highest BCUT2D eigenvalue weighted by atomic mass is 32.1. The molecule has 1 unspecified atom stereocenters. The number of hydrogen-bond donors (Lipinski definition) is 0. The van der Waals surface area contributed by atoms with E-state index >= 15 is 0 Å². The molecule has 1 aliphatic carbocycles. The molecule has 0 spiro atoms. The number of hydrogen-bond acceptors (Lipinski definition) is 4. The van der Waals surface area contributed by atoms with Gasteiger partial charge in [0.15, 0.2) is 0 Å². The Hall–Kier alpha value is -0.870. The first-order valence-electron chi connectivity index (χ1n) is 8.68. The SMILES string of the molecule is CCN(CC)CCOC(=O)C(c1cccs1)C1CCCCC1. The van der Waals surface area contributed by atoms with Gasteiger partial charge in [-0.05, 0) is 43.3 Å². The van der Waals surface area contributed by atoms with E-state index in [1.165, 1.54) is 24.1 Å². The molecule has 0 radical (unpaired) electrons. The highest BCUT2D eigenvalue weighted by Gasteiger charge is 2.32. The van der Waals surface area contributed by atoms with Crippen LogP contribution >= 0.6 is 11.3 Å². The van der Waals surface area contributed by atoms with Gasteiger partial charge in [-0.2, -0.15) is 0 Å². The summed E-state index contributed by atoms with van der Waals surface area (Å²) in [7, 11) is 0. The van der Waals surface area contributed by atoms with Crippen LogP contribution in [0.2, 0.25) is 0 Å². The van der Waals surface area contributed by atoms with Gasteiger partial charge in [0.2, 0.25) is 0 Å². The van der Waals surface area contributed by atoms with Crippen LogP contribution < -0.4 is 0 Å². The first kappa shape index (κ1) is 17.5. The van der Waals surface area contributed by atoms with Gasteiger partial charge in [-0.15, -0.1) is 11.3 Å². The molecule has 1 fully saturated rings. The van der Waals surface area contributed by atoms with Crippen LogP contribution in [0.5, 0.6) is 0 Å². The molecule has 22 heavy (non-hydrogen) atoms. The zero-order valence-corrected chi connectivity index (χ0v) is 14.7. The summed E-state index contributed by atoms with van der Waals surface area (Å²) in [4.78, 5) is 16.1. The molecule has 3 nitrogen and oxygen atoms in total. The third-order valence-corrected chi connectivity index (χ3v) is 5.73. The van der Waals surface area contributed by atoms with Gasteiger partial charge >= 0.3 is 5.97 Å². The van der Waals surface area contributed by atoms with E-state index in [9.17, 15) is 4.79 Å². The quantitative estimate of drug-likeness (QED) is 0.668. The second-order valence-electron chi connectivity index (χ2n) is 6.09. The molecule has 0 amide bonds. The molecule has 0 N–H and O–H groups in total. The van der Waals surface area contributed by atoms with E-state index < -0.39 is 0 Å². The predicted molar refractivity (Wildman–Crippen MR) is 92.4 cm³/mol. The normalized spacial score (nSPS) is 17.6. The Morgan fingerprint density at radius 3 is 2.64 bits per heavy atom. The monoisotopic (exact) mass is 323 g/mol. The summed E-state index contributed by atoms with van der Waals surface area (Å²) in [5, 5.41) is 2.06. The van der Waals surface area contributed by atoms with Crippen LogP contribution in [0.15, 0.2) is 17.5 Å². The average molecular weight is 324 g/mol. The van der Waals surface area contributed by atoms with E-state index in [0.717, 1.165) is 32.5 Å². The minimum Gasteiger partial charge on any atom is -0.464 e. The topological polar surface area (TPSA) is 29.5 Å². The van der Waals surface area contributed by atoms with Crippen molar-refractivity contribution >= 4 is 17.3 Å². The Balaban J connectivity index is 1.94. The van der Waals surface area contributed by atoms with Crippen LogP contribution in [0.3, 0.4) is 0 Å². The molecule has 0 aliphatic heterocycles. The van der Waals surface area contributed by atoms with Gasteiger partial charge in [0, 0.05) is 11.4 Å². The van der Waals surface area contributed by atoms with Gasteiger partial charge in [-0.25, -0.2) is 0 Å². The van der Waals surface area contributed by atoms with Crippen molar-refractivity contribution in [2.24, 2.45) is 5.92 Å². The number of thiophene rings is 1. The number of rotatable bonds is 8. The van der Waals surface area contributed by atoms with Crippen molar-refractivity contribution in [2.45, 2.75) is 51.9 Å². The first-order valence-corrected chi connectivity index (χ1v) is 9.56. The number of ether oxygens (including phenoxy) is 1. The van der Waals surface area contributed by atoms with Crippen molar-refractivity contribution in [2.75, 3.05) is 26.2 Å². The first-order chi connectivity index (χ1) is 10.8. The summed E-state index contributed by atoms with van der Waals surface area (Å²) in [5.41, 5.74) is 0. The van der Waals surface area contributed by atoms with Gasteiger partial charge in [0.25, 0.3) is 0 Å². The lowest BCUT2D eigenvalue weighted by Crippen LogP contribution is -2.30. The van der Waals surface area contributed by atoms with E-state index in [1.54, 1.807) is 11.3 Å². The molecule has 0 saturated heterocycles. The third kappa shape index (κ3) is 4.82. The van der Waals surface area contributed by atoms with E-state index in [2.05, 4.69) is 30.2 Å². The van der Waals surface area contributed by atoms with Gasteiger partial charge in [-0.1, -0.05) is 39.2 Å². The molecule has 1 aromatic rings. The number of esters is 1. The Kier molecular flexibility index (Phi) is 7.40. The van der Waals surface area contributed by atoms with Gasteiger partial charge in [-0.3, -0.25) is 4.79 Å². The molecule has 1 atom stereocenters. The standard InChI is InChI=1S/C18H29NO2S/c1-3-19(4-2)12-13-21-18(20)17(16-11-8-14-22-16)15-9-6-5-7-10-15/h8,11,14-15,17H,3-7,9-10,12-13H2,1-2H3. The predicted octanol–water partition coefficient (Wildman–Crippen LogP) is 4.30. The molecule has 0 bridgehead atoms. The Labute approximate surface area is 138 Å². The summed E-state index contributed by atoms with van der Waals surface area (Å²) < 4.78 is 5.64.